The first-order valence-corrected chi connectivity index (χ1v) is 9.00. The average molecular weight is 382 g/mol. The van der Waals surface area contributed by atoms with Gasteiger partial charge in [-0.3, -0.25) is 0 Å². The van der Waals surface area contributed by atoms with Gasteiger partial charge in [0.15, 0.2) is 6.10 Å². The maximum absolute atomic E-state index is 12.1. The second-order valence-corrected chi connectivity index (χ2v) is 6.72. The molecule has 0 aliphatic heterocycles. The largest absolute Gasteiger partial charge is 0.477 e. The van der Waals surface area contributed by atoms with Crippen molar-refractivity contribution < 1.29 is 14.3 Å². The molecule has 0 radical (unpaired) electrons. The normalized spacial score (nSPS) is 13.5. The number of halogens is 3. The topological polar surface area (TPSA) is 35.5 Å². The number of esters is 1. The predicted molar refractivity (Wildman–Crippen MR) is 95.8 cm³/mol. The molecule has 0 spiro atoms. The minimum atomic E-state index is -0.770. The number of hydrogen-bond donors (Lipinski definition) is 0. The third kappa shape index (κ3) is 6.78. The molecule has 0 saturated carbocycles. The van der Waals surface area contributed by atoms with Crippen LogP contribution in [0, 0.1) is 5.92 Å². The molecule has 130 valence electrons. The lowest BCUT2D eigenvalue weighted by molar-refractivity contribution is -0.152. The van der Waals surface area contributed by atoms with E-state index in [0.717, 1.165) is 25.7 Å². The number of hydrogen-bond acceptors (Lipinski definition) is 3. The van der Waals surface area contributed by atoms with Gasteiger partial charge in [-0.25, -0.2) is 4.79 Å². The Bertz CT molecular complexity index is 520. The molecular weight excluding hydrogens is 359 g/mol. The van der Waals surface area contributed by atoms with Gasteiger partial charge in [-0.15, -0.1) is 0 Å². The molecule has 0 amide bonds. The minimum Gasteiger partial charge on any atom is -0.477 e. The molecule has 2 unspecified atom stereocenters. The first-order chi connectivity index (χ1) is 10.9. The number of benzene rings is 1. The molecule has 23 heavy (non-hydrogen) atoms. The van der Waals surface area contributed by atoms with Crippen molar-refractivity contribution in [2.45, 2.75) is 52.6 Å². The van der Waals surface area contributed by atoms with Crippen molar-refractivity contribution in [3.63, 3.8) is 0 Å². The Morgan fingerprint density at radius 2 is 1.78 bits per heavy atom. The number of rotatable bonds is 9. The van der Waals surface area contributed by atoms with E-state index in [1.165, 1.54) is 12.1 Å². The van der Waals surface area contributed by atoms with Crippen molar-refractivity contribution in [1.29, 1.82) is 0 Å². The SMILES string of the molecule is CCCCC(CC)COC(=O)C(C)Oc1cc(Cl)c(Cl)cc1Cl. The van der Waals surface area contributed by atoms with Gasteiger partial charge in [-0.2, -0.15) is 0 Å². The van der Waals surface area contributed by atoms with Crippen LogP contribution in [0.4, 0.5) is 0 Å². The van der Waals surface area contributed by atoms with Gasteiger partial charge >= 0.3 is 5.97 Å². The molecule has 1 aromatic carbocycles. The molecule has 0 aromatic heterocycles. The van der Waals surface area contributed by atoms with Crippen LogP contribution in [0.5, 0.6) is 5.75 Å². The van der Waals surface area contributed by atoms with Crippen LogP contribution >= 0.6 is 34.8 Å². The van der Waals surface area contributed by atoms with Crippen molar-refractivity contribution in [2.75, 3.05) is 6.61 Å². The van der Waals surface area contributed by atoms with Gasteiger partial charge in [-0.05, 0) is 25.3 Å². The van der Waals surface area contributed by atoms with Crippen LogP contribution in [0.2, 0.25) is 15.1 Å². The van der Waals surface area contributed by atoms with Crippen LogP contribution in [0.3, 0.4) is 0 Å². The van der Waals surface area contributed by atoms with E-state index in [0.29, 0.717) is 33.3 Å². The number of carbonyl (C=O) groups excluding carboxylic acids is 1. The highest BCUT2D eigenvalue weighted by Gasteiger charge is 2.20. The first-order valence-electron chi connectivity index (χ1n) is 7.86. The molecule has 0 saturated heterocycles. The van der Waals surface area contributed by atoms with Gasteiger partial charge in [0.25, 0.3) is 0 Å². The molecule has 0 bridgehead atoms. The Morgan fingerprint density at radius 3 is 2.39 bits per heavy atom. The third-order valence-electron chi connectivity index (χ3n) is 3.62. The van der Waals surface area contributed by atoms with E-state index in [2.05, 4.69) is 13.8 Å². The molecule has 2 atom stereocenters. The second kappa shape index (κ2) is 10.3. The molecule has 0 N–H and O–H groups in total. The molecule has 0 aliphatic rings. The summed E-state index contributed by atoms with van der Waals surface area (Å²) in [6.45, 7) is 6.28. The molecule has 1 rings (SSSR count). The van der Waals surface area contributed by atoms with Crippen LogP contribution in [-0.4, -0.2) is 18.7 Å². The van der Waals surface area contributed by atoms with Gasteiger partial charge in [0.1, 0.15) is 5.75 Å². The summed E-state index contributed by atoms with van der Waals surface area (Å²) in [6.07, 6.45) is 3.56. The fourth-order valence-corrected chi connectivity index (χ4v) is 2.63. The predicted octanol–water partition coefficient (Wildman–Crippen LogP) is 6.17. The number of carbonyl (C=O) groups is 1. The maximum Gasteiger partial charge on any atom is 0.347 e. The summed E-state index contributed by atoms with van der Waals surface area (Å²) < 4.78 is 10.9. The van der Waals surface area contributed by atoms with Crippen molar-refractivity contribution in [3.05, 3.63) is 27.2 Å². The molecule has 0 heterocycles. The van der Waals surface area contributed by atoms with E-state index < -0.39 is 12.1 Å². The molecule has 6 heteroatoms. The Labute approximate surface area is 153 Å². The van der Waals surface area contributed by atoms with Gasteiger partial charge in [0.2, 0.25) is 0 Å². The summed E-state index contributed by atoms with van der Waals surface area (Å²) in [7, 11) is 0. The summed E-state index contributed by atoms with van der Waals surface area (Å²) in [5, 5.41) is 0.951. The van der Waals surface area contributed by atoms with E-state index in [1.54, 1.807) is 6.92 Å². The lowest BCUT2D eigenvalue weighted by Gasteiger charge is -2.18. The van der Waals surface area contributed by atoms with Crippen LogP contribution < -0.4 is 4.74 Å². The standard InChI is InChI=1S/C17H23Cl3O3/c1-4-6-7-12(5-2)10-22-17(21)11(3)23-16-9-14(19)13(18)8-15(16)20/h8-9,11-12H,4-7,10H2,1-3H3. The van der Waals surface area contributed by atoms with Crippen molar-refractivity contribution in [2.24, 2.45) is 5.92 Å². The zero-order chi connectivity index (χ0) is 17.4. The van der Waals surface area contributed by atoms with E-state index in [4.69, 9.17) is 44.3 Å². The van der Waals surface area contributed by atoms with Crippen LogP contribution in [0.25, 0.3) is 0 Å². The number of unbranched alkanes of at least 4 members (excludes halogenated alkanes) is 1. The molecule has 3 nitrogen and oxygen atoms in total. The van der Waals surface area contributed by atoms with Gasteiger partial charge in [-0.1, -0.05) is 67.9 Å². The van der Waals surface area contributed by atoms with E-state index >= 15 is 0 Å². The zero-order valence-corrected chi connectivity index (χ0v) is 16.0. The summed E-state index contributed by atoms with van der Waals surface area (Å²) in [4.78, 5) is 12.1. The Morgan fingerprint density at radius 1 is 1.13 bits per heavy atom. The van der Waals surface area contributed by atoms with Gasteiger partial charge in [0.05, 0.1) is 21.7 Å². The molecule has 0 fully saturated rings. The first kappa shape index (κ1) is 20.4. The van der Waals surface area contributed by atoms with Gasteiger partial charge in [0, 0.05) is 6.07 Å². The van der Waals surface area contributed by atoms with Crippen molar-refractivity contribution >= 4 is 40.8 Å². The summed E-state index contributed by atoms with van der Waals surface area (Å²) in [5.74, 6) is 0.283. The second-order valence-electron chi connectivity index (χ2n) is 5.50. The van der Waals surface area contributed by atoms with E-state index in [1.807, 2.05) is 0 Å². The van der Waals surface area contributed by atoms with Crippen molar-refractivity contribution in [1.82, 2.24) is 0 Å². The lowest BCUT2D eigenvalue weighted by atomic mass is 10.0. The summed E-state index contributed by atoms with van der Waals surface area (Å²) >= 11 is 17.8. The molecular formula is C17H23Cl3O3. The highest BCUT2D eigenvalue weighted by Crippen LogP contribution is 2.34. The van der Waals surface area contributed by atoms with Crippen molar-refractivity contribution in [3.8, 4) is 5.75 Å². The lowest BCUT2D eigenvalue weighted by Crippen LogP contribution is -2.28. The Hall–Kier alpha value is -0.640. The fourth-order valence-electron chi connectivity index (χ4n) is 2.05. The van der Waals surface area contributed by atoms with E-state index in [9.17, 15) is 4.79 Å². The fraction of sp³-hybridized carbons (Fsp3) is 0.588. The van der Waals surface area contributed by atoms with Crippen LogP contribution in [0.1, 0.15) is 46.5 Å². The molecule has 1 aromatic rings. The van der Waals surface area contributed by atoms with Crippen LogP contribution in [0.15, 0.2) is 12.1 Å². The minimum absolute atomic E-state index is 0.299. The zero-order valence-electron chi connectivity index (χ0n) is 13.7. The highest BCUT2D eigenvalue weighted by atomic mass is 35.5. The maximum atomic E-state index is 12.1. The smallest absolute Gasteiger partial charge is 0.347 e. The molecule has 0 aliphatic carbocycles. The monoisotopic (exact) mass is 380 g/mol. The quantitative estimate of drug-likeness (QED) is 0.379. The number of ether oxygens (including phenoxy) is 2. The summed E-state index contributed by atoms with van der Waals surface area (Å²) in [6, 6.07) is 2.97. The average Bonchev–Trinajstić information content (AvgIpc) is 2.52. The van der Waals surface area contributed by atoms with Crippen LogP contribution in [-0.2, 0) is 9.53 Å². The van der Waals surface area contributed by atoms with E-state index in [-0.39, 0.29) is 0 Å². The highest BCUT2D eigenvalue weighted by molar-refractivity contribution is 6.43. The third-order valence-corrected chi connectivity index (χ3v) is 4.63. The Kier molecular flexibility index (Phi) is 9.11. The Balaban J connectivity index is 2.55. The van der Waals surface area contributed by atoms with Gasteiger partial charge < -0.3 is 9.47 Å². The summed E-state index contributed by atoms with van der Waals surface area (Å²) in [5.41, 5.74) is 0.